The van der Waals surface area contributed by atoms with Gasteiger partial charge >= 0.3 is 5.97 Å². The Bertz CT molecular complexity index is 448. The maximum absolute atomic E-state index is 11.3. The highest BCUT2D eigenvalue weighted by molar-refractivity contribution is 5.86. The summed E-state index contributed by atoms with van der Waals surface area (Å²) in [6.45, 7) is 6.25. The van der Waals surface area contributed by atoms with Gasteiger partial charge in [-0.3, -0.25) is 0 Å². The highest BCUT2D eigenvalue weighted by Crippen LogP contribution is 2.29. The summed E-state index contributed by atoms with van der Waals surface area (Å²) in [5.41, 5.74) is 0.351. The number of carbonyl (C=O) groups is 1. The summed E-state index contributed by atoms with van der Waals surface area (Å²) in [4.78, 5) is 13.7. The van der Waals surface area contributed by atoms with Gasteiger partial charge in [-0.25, -0.2) is 4.79 Å². The fourth-order valence-electron chi connectivity index (χ4n) is 2.51. The van der Waals surface area contributed by atoms with Crippen molar-refractivity contribution in [1.29, 1.82) is 0 Å². The molecule has 1 saturated heterocycles. The van der Waals surface area contributed by atoms with Crippen LogP contribution in [0.5, 0.6) is 0 Å². The van der Waals surface area contributed by atoms with Crippen molar-refractivity contribution in [3.63, 3.8) is 0 Å². The third kappa shape index (κ3) is 3.84. The average Bonchev–Trinajstić information content (AvgIpc) is 2.90. The van der Waals surface area contributed by atoms with Gasteiger partial charge in [-0.1, -0.05) is 6.92 Å². The molecular formula is C15H24N2O3. The quantitative estimate of drug-likeness (QED) is 0.835. The first kappa shape index (κ1) is 15.1. The van der Waals surface area contributed by atoms with Crippen molar-refractivity contribution in [2.24, 2.45) is 5.41 Å². The van der Waals surface area contributed by atoms with Crippen LogP contribution in [-0.4, -0.2) is 44.7 Å². The van der Waals surface area contributed by atoms with E-state index in [9.17, 15) is 4.79 Å². The van der Waals surface area contributed by atoms with Crippen molar-refractivity contribution in [3.8, 4) is 0 Å². The molecule has 1 aromatic rings. The highest BCUT2D eigenvalue weighted by Gasteiger charge is 2.28. The SMILES string of the molecule is COC(=O)c1ccc(CNCC2(C)CCN(C)CC2)o1. The van der Waals surface area contributed by atoms with Crippen molar-refractivity contribution in [2.75, 3.05) is 33.8 Å². The standard InChI is InChI=1S/C15H24N2O3/c1-15(6-8-17(2)9-7-15)11-16-10-12-4-5-13(20-12)14(18)19-3/h4-5,16H,6-11H2,1-3H3. The number of hydrogen-bond donors (Lipinski definition) is 1. The number of methoxy groups -OCH3 is 1. The Labute approximate surface area is 120 Å². The van der Waals surface area contributed by atoms with E-state index in [0.29, 0.717) is 12.0 Å². The zero-order valence-electron chi connectivity index (χ0n) is 12.6. The topological polar surface area (TPSA) is 54.7 Å². The minimum atomic E-state index is -0.432. The first-order chi connectivity index (χ1) is 9.52. The van der Waals surface area contributed by atoms with E-state index in [1.54, 1.807) is 6.07 Å². The zero-order chi connectivity index (χ0) is 14.6. The van der Waals surface area contributed by atoms with E-state index in [1.807, 2.05) is 6.07 Å². The monoisotopic (exact) mass is 280 g/mol. The van der Waals surface area contributed by atoms with Gasteiger partial charge in [0.2, 0.25) is 5.76 Å². The summed E-state index contributed by atoms with van der Waals surface area (Å²) in [7, 11) is 3.52. The van der Waals surface area contributed by atoms with E-state index < -0.39 is 5.97 Å². The van der Waals surface area contributed by atoms with Crippen LogP contribution >= 0.6 is 0 Å². The van der Waals surface area contributed by atoms with Gasteiger partial charge in [-0.15, -0.1) is 0 Å². The van der Waals surface area contributed by atoms with Crippen LogP contribution in [0.1, 0.15) is 36.1 Å². The largest absolute Gasteiger partial charge is 0.463 e. The summed E-state index contributed by atoms with van der Waals surface area (Å²) >= 11 is 0. The van der Waals surface area contributed by atoms with E-state index in [4.69, 9.17) is 4.42 Å². The molecule has 0 atom stereocenters. The van der Waals surface area contributed by atoms with Crippen LogP contribution in [0.25, 0.3) is 0 Å². The van der Waals surface area contributed by atoms with Crippen molar-refractivity contribution >= 4 is 5.97 Å². The molecule has 2 heterocycles. The molecule has 5 heteroatoms. The first-order valence-electron chi connectivity index (χ1n) is 7.09. The van der Waals surface area contributed by atoms with Gasteiger partial charge in [0, 0.05) is 6.54 Å². The summed E-state index contributed by atoms with van der Waals surface area (Å²) in [6, 6.07) is 3.47. The average molecular weight is 280 g/mol. The molecule has 1 aliphatic rings. The Kier molecular flexibility index (Phi) is 4.83. The molecule has 1 aliphatic heterocycles. The number of nitrogens with zero attached hydrogens (tertiary/aromatic N) is 1. The molecule has 2 rings (SSSR count). The molecule has 0 unspecified atom stereocenters. The van der Waals surface area contributed by atoms with Crippen molar-refractivity contribution < 1.29 is 13.9 Å². The van der Waals surface area contributed by atoms with E-state index in [1.165, 1.54) is 20.0 Å². The predicted octanol–water partition coefficient (Wildman–Crippen LogP) is 1.89. The van der Waals surface area contributed by atoms with Crippen LogP contribution in [0.2, 0.25) is 0 Å². The van der Waals surface area contributed by atoms with E-state index >= 15 is 0 Å². The molecule has 0 radical (unpaired) electrons. The van der Waals surface area contributed by atoms with Crippen molar-refractivity contribution in [2.45, 2.75) is 26.3 Å². The molecule has 0 amide bonds. The second kappa shape index (κ2) is 6.41. The minimum absolute atomic E-state index is 0.259. The number of piperidine rings is 1. The van der Waals surface area contributed by atoms with Crippen LogP contribution in [0, 0.1) is 5.41 Å². The lowest BCUT2D eigenvalue weighted by atomic mass is 9.80. The molecule has 1 N–H and O–H groups in total. The summed E-state index contributed by atoms with van der Waals surface area (Å²) in [5, 5.41) is 3.43. The Morgan fingerprint density at radius 3 is 2.80 bits per heavy atom. The lowest BCUT2D eigenvalue weighted by molar-refractivity contribution is 0.0562. The fraction of sp³-hybridized carbons (Fsp3) is 0.667. The Morgan fingerprint density at radius 1 is 1.45 bits per heavy atom. The number of rotatable bonds is 5. The van der Waals surface area contributed by atoms with Gasteiger partial charge in [0.05, 0.1) is 13.7 Å². The third-order valence-corrected chi connectivity index (χ3v) is 4.09. The molecule has 1 fully saturated rings. The second-order valence-electron chi connectivity index (χ2n) is 5.98. The van der Waals surface area contributed by atoms with Gasteiger partial charge in [0.25, 0.3) is 0 Å². The smallest absolute Gasteiger partial charge is 0.373 e. The maximum atomic E-state index is 11.3. The van der Waals surface area contributed by atoms with E-state index in [2.05, 4.69) is 28.9 Å². The Balaban J connectivity index is 1.78. The summed E-state index contributed by atoms with van der Waals surface area (Å²) in [6.07, 6.45) is 2.42. The lowest BCUT2D eigenvalue weighted by Gasteiger charge is -2.38. The van der Waals surface area contributed by atoms with Gasteiger partial charge in [-0.05, 0) is 50.5 Å². The van der Waals surface area contributed by atoms with E-state index in [-0.39, 0.29) is 5.76 Å². The Hall–Kier alpha value is -1.33. The molecule has 0 saturated carbocycles. The van der Waals surface area contributed by atoms with Crippen LogP contribution < -0.4 is 5.32 Å². The first-order valence-corrected chi connectivity index (χ1v) is 7.09. The molecule has 112 valence electrons. The van der Waals surface area contributed by atoms with E-state index in [0.717, 1.165) is 25.4 Å². The Morgan fingerprint density at radius 2 is 2.15 bits per heavy atom. The molecular weight excluding hydrogens is 256 g/mol. The number of nitrogens with one attached hydrogen (secondary N) is 1. The van der Waals surface area contributed by atoms with Crippen LogP contribution in [0.15, 0.2) is 16.5 Å². The fourth-order valence-corrected chi connectivity index (χ4v) is 2.51. The van der Waals surface area contributed by atoms with Gasteiger partial charge < -0.3 is 19.4 Å². The normalized spacial score (nSPS) is 18.9. The van der Waals surface area contributed by atoms with Crippen LogP contribution in [0.3, 0.4) is 0 Å². The molecule has 5 nitrogen and oxygen atoms in total. The lowest BCUT2D eigenvalue weighted by Crippen LogP contribution is -2.41. The van der Waals surface area contributed by atoms with Crippen molar-refractivity contribution in [1.82, 2.24) is 10.2 Å². The molecule has 0 aromatic carbocycles. The van der Waals surface area contributed by atoms with Crippen LogP contribution in [0.4, 0.5) is 0 Å². The molecule has 20 heavy (non-hydrogen) atoms. The molecule has 0 bridgehead atoms. The molecule has 0 aliphatic carbocycles. The van der Waals surface area contributed by atoms with Gasteiger partial charge in [0.1, 0.15) is 5.76 Å². The second-order valence-corrected chi connectivity index (χ2v) is 5.98. The van der Waals surface area contributed by atoms with Gasteiger partial charge in [0.15, 0.2) is 0 Å². The number of hydrogen-bond acceptors (Lipinski definition) is 5. The van der Waals surface area contributed by atoms with Gasteiger partial charge in [-0.2, -0.15) is 0 Å². The number of furan rings is 1. The number of ether oxygens (including phenoxy) is 1. The van der Waals surface area contributed by atoms with Crippen molar-refractivity contribution in [3.05, 3.63) is 23.7 Å². The van der Waals surface area contributed by atoms with Crippen LogP contribution in [-0.2, 0) is 11.3 Å². The number of carbonyl (C=O) groups excluding carboxylic acids is 1. The summed E-state index contributed by atoms with van der Waals surface area (Å²) in [5.74, 6) is 0.593. The summed E-state index contributed by atoms with van der Waals surface area (Å²) < 4.78 is 10.0. The molecule has 0 spiro atoms. The minimum Gasteiger partial charge on any atom is -0.463 e. The highest BCUT2D eigenvalue weighted by atomic mass is 16.5. The predicted molar refractivity (Wildman–Crippen MR) is 76.6 cm³/mol. The third-order valence-electron chi connectivity index (χ3n) is 4.09. The molecule has 1 aromatic heterocycles. The number of likely N-dealkylation sites (tertiary alicyclic amines) is 1. The maximum Gasteiger partial charge on any atom is 0.373 e. The zero-order valence-corrected chi connectivity index (χ0v) is 12.6. The number of esters is 1.